The maximum Gasteiger partial charge on any atom is 0.159 e. The van der Waals surface area contributed by atoms with Gasteiger partial charge in [-0.25, -0.2) is 9.97 Å². The molecule has 0 unspecified atom stereocenters. The summed E-state index contributed by atoms with van der Waals surface area (Å²) in [6.07, 6.45) is 20.2. The van der Waals surface area contributed by atoms with E-state index >= 15 is 0 Å². The molecule has 0 aliphatic carbocycles. The number of rotatable bonds is 18. The SMILES string of the molecule is CCCCCCCCCOc1cnc(-c2ccc(OCCCCCCCC)cc2)nc1. The zero-order chi connectivity index (χ0) is 22.0. The molecule has 1 heterocycles. The number of benzene rings is 1. The summed E-state index contributed by atoms with van der Waals surface area (Å²) in [4.78, 5) is 8.92. The first-order valence-corrected chi connectivity index (χ1v) is 12.5. The van der Waals surface area contributed by atoms with Crippen molar-refractivity contribution in [2.75, 3.05) is 13.2 Å². The fourth-order valence-electron chi connectivity index (χ4n) is 3.56. The average molecular weight is 427 g/mol. The van der Waals surface area contributed by atoms with Crippen LogP contribution in [0.2, 0.25) is 0 Å². The molecule has 172 valence electrons. The second kappa shape index (κ2) is 16.6. The number of ether oxygens (including phenoxy) is 2. The third-order valence-corrected chi connectivity index (χ3v) is 5.52. The Hall–Kier alpha value is -2.10. The van der Waals surface area contributed by atoms with Crippen molar-refractivity contribution in [1.29, 1.82) is 0 Å². The molecule has 0 saturated carbocycles. The van der Waals surface area contributed by atoms with Gasteiger partial charge in [-0.05, 0) is 37.1 Å². The van der Waals surface area contributed by atoms with Crippen molar-refractivity contribution in [1.82, 2.24) is 9.97 Å². The predicted octanol–water partition coefficient (Wildman–Crippen LogP) is 8.01. The van der Waals surface area contributed by atoms with Crippen LogP contribution in [0.15, 0.2) is 36.7 Å². The van der Waals surface area contributed by atoms with E-state index in [1.54, 1.807) is 12.4 Å². The molecule has 0 aliphatic heterocycles. The number of aromatic nitrogens is 2. The molecule has 0 spiro atoms. The van der Waals surface area contributed by atoms with Gasteiger partial charge in [-0.3, -0.25) is 0 Å². The maximum atomic E-state index is 5.85. The number of hydrogen-bond acceptors (Lipinski definition) is 4. The molecule has 0 radical (unpaired) electrons. The first-order valence-electron chi connectivity index (χ1n) is 12.5. The summed E-state index contributed by atoms with van der Waals surface area (Å²) < 4.78 is 11.6. The van der Waals surface area contributed by atoms with Crippen molar-refractivity contribution in [3.8, 4) is 22.9 Å². The van der Waals surface area contributed by atoms with E-state index in [1.807, 2.05) is 24.3 Å². The van der Waals surface area contributed by atoms with Crippen molar-refractivity contribution in [2.24, 2.45) is 0 Å². The van der Waals surface area contributed by atoms with Crippen molar-refractivity contribution < 1.29 is 9.47 Å². The normalized spacial score (nSPS) is 10.9. The van der Waals surface area contributed by atoms with Crippen LogP contribution in [-0.4, -0.2) is 23.2 Å². The van der Waals surface area contributed by atoms with E-state index in [9.17, 15) is 0 Å². The molecule has 0 amide bonds. The molecule has 0 bridgehead atoms. The van der Waals surface area contributed by atoms with Crippen LogP contribution in [0.5, 0.6) is 11.5 Å². The summed E-state index contributed by atoms with van der Waals surface area (Å²) in [5, 5.41) is 0. The molecular formula is C27H42N2O2. The molecule has 0 fully saturated rings. The highest BCUT2D eigenvalue weighted by atomic mass is 16.5. The molecule has 4 nitrogen and oxygen atoms in total. The fourth-order valence-corrected chi connectivity index (χ4v) is 3.56. The predicted molar refractivity (Wildman–Crippen MR) is 130 cm³/mol. The van der Waals surface area contributed by atoms with Gasteiger partial charge in [-0.2, -0.15) is 0 Å². The lowest BCUT2D eigenvalue weighted by atomic mass is 10.1. The minimum absolute atomic E-state index is 0.714. The maximum absolute atomic E-state index is 5.85. The summed E-state index contributed by atoms with van der Waals surface area (Å²) >= 11 is 0. The first-order chi connectivity index (χ1) is 15.3. The van der Waals surface area contributed by atoms with Crippen LogP contribution in [0.3, 0.4) is 0 Å². The summed E-state index contributed by atoms with van der Waals surface area (Å²) in [6.45, 7) is 6.02. The molecule has 0 atom stereocenters. The van der Waals surface area contributed by atoms with Gasteiger partial charge < -0.3 is 9.47 Å². The van der Waals surface area contributed by atoms with Crippen LogP contribution in [0.1, 0.15) is 97.3 Å². The summed E-state index contributed by atoms with van der Waals surface area (Å²) in [7, 11) is 0. The molecule has 4 heteroatoms. The first kappa shape index (κ1) is 25.2. The van der Waals surface area contributed by atoms with E-state index in [1.165, 1.54) is 70.6 Å². The molecule has 2 rings (SSSR count). The number of nitrogens with zero attached hydrogens (tertiary/aromatic N) is 2. The van der Waals surface area contributed by atoms with Gasteiger partial charge in [0, 0.05) is 5.56 Å². The van der Waals surface area contributed by atoms with Crippen molar-refractivity contribution >= 4 is 0 Å². The largest absolute Gasteiger partial charge is 0.494 e. The van der Waals surface area contributed by atoms with Gasteiger partial charge in [0.2, 0.25) is 0 Å². The Morgan fingerprint density at radius 1 is 0.548 bits per heavy atom. The third-order valence-electron chi connectivity index (χ3n) is 5.52. The number of unbranched alkanes of at least 4 members (excludes halogenated alkanes) is 11. The second-order valence-electron chi connectivity index (χ2n) is 8.35. The van der Waals surface area contributed by atoms with Crippen molar-refractivity contribution in [3.63, 3.8) is 0 Å². The van der Waals surface area contributed by atoms with E-state index in [0.29, 0.717) is 5.82 Å². The van der Waals surface area contributed by atoms with E-state index in [0.717, 1.165) is 43.1 Å². The van der Waals surface area contributed by atoms with Gasteiger partial charge in [0.05, 0.1) is 25.6 Å². The Labute approximate surface area is 189 Å². The standard InChI is InChI=1S/C27H42N2O2/c1-3-5-7-9-11-13-15-21-31-26-22-28-27(29-23-26)24-16-18-25(19-17-24)30-20-14-12-10-8-6-4-2/h16-19,22-23H,3-15,20-21H2,1-2H3. The second-order valence-corrected chi connectivity index (χ2v) is 8.35. The molecule has 1 aromatic carbocycles. The lowest BCUT2D eigenvalue weighted by molar-refractivity contribution is 0.302. The zero-order valence-corrected chi connectivity index (χ0v) is 19.8. The van der Waals surface area contributed by atoms with Gasteiger partial charge in [0.1, 0.15) is 5.75 Å². The number of hydrogen-bond donors (Lipinski definition) is 0. The highest BCUT2D eigenvalue weighted by Gasteiger charge is 2.03. The van der Waals surface area contributed by atoms with Crippen LogP contribution in [0.4, 0.5) is 0 Å². The Morgan fingerprint density at radius 3 is 1.52 bits per heavy atom. The average Bonchev–Trinajstić information content (AvgIpc) is 2.81. The third kappa shape index (κ3) is 11.2. The molecular weight excluding hydrogens is 384 g/mol. The Kier molecular flexibility index (Phi) is 13.5. The summed E-state index contributed by atoms with van der Waals surface area (Å²) in [6, 6.07) is 8.04. The van der Waals surface area contributed by atoms with Crippen LogP contribution in [0.25, 0.3) is 11.4 Å². The molecule has 31 heavy (non-hydrogen) atoms. The molecule has 0 N–H and O–H groups in total. The molecule has 1 aromatic heterocycles. The van der Waals surface area contributed by atoms with E-state index in [2.05, 4.69) is 23.8 Å². The van der Waals surface area contributed by atoms with Gasteiger partial charge >= 0.3 is 0 Å². The van der Waals surface area contributed by atoms with Crippen LogP contribution in [0, 0.1) is 0 Å². The van der Waals surface area contributed by atoms with Crippen LogP contribution in [-0.2, 0) is 0 Å². The van der Waals surface area contributed by atoms with Gasteiger partial charge in [0.15, 0.2) is 11.6 Å². The summed E-state index contributed by atoms with van der Waals surface area (Å²) in [5.41, 5.74) is 0.991. The van der Waals surface area contributed by atoms with Gasteiger partial charge in [0.25, 0.3) is 0 Å². The molecule has 2 aromatic rings. The molecule has 0 aliphatic rings. The lowest BCUT2D eigenvalue weighted by Gasteiger charge is -2.08. The summed E-state index contributed by atoms with van der Waals surface area (Å²) in [5.74, 6) is 2.37. The van der Waals surface area contributed by atoms with Crippen LogP contribution >= 0.6 is 0 Å². The van der Waals surface area contributed by atoms with E-state index in [-0.39, 0.29) is 0 Å². The minimum Gasteiger partial charge on any atom is -0.494 e. The lowest BCUT2D eigenvalue weighted by Crippen LogP contribution is -1.99. The topological polar surface area (TPSA) is 44.2 Å². The van der Waals surface area contributed by atoms with Crippen LogP contribution < -0.4 is 9.47 Å². The Balaban J connectivity index is 1.63. The monoisotopic (exact) mass is 426 g/mol. The minimum atomic E-state index is 0.714. The highest BCUT2D eigenvalue weighted by molar-refractivity contribution is 5.56. The fraction of sp³-hybridized carbons (Fsp3) is 0.630. The zero-order valence-electron chi connectivity index (χ0n) is 19.8. The quantitative estimate of drug-likeness (QED) is 0.226. The van der Waals surface area contributed by atoms with Crippen molar-refractivity contribution in [2.45, 2.75) is 97.3 Å². The van der Waals surface area contributed by atoms with Crippen molar-refractivity contribution in [3.05, 3.63) is 36.7 Å². The molecule has 0 saturated heterocycles. The van der Waals surface area contributed by atoms with Gasteiger partial charge in [-0.15, -0.1) is 0 Å². The van der Waals surface area contributed by atoms with E-state index < -0.39 is 0 Å². The Bertz CT molecular complexity index is 671. The van der Waals surface area contributed by atoms with Gasteiger partial charge in [-0.1, -0.05) is 84.5 Å². The Morgan fingerprint density at radius 2 is 1.00 bits per heavy atom. The highest BCUT2D eigenvalue weighted by Crippen LogP contribution is 2.21. The van der Waals surface area contributed by atoms with E-state index in [4.69, 9.17) is 9.47 Å². The smallest absolute Gasteiger partial charge is 0.159 e.